The van der Waals surface area contributed by atoms with Crippen molar-refractivity contribution in [2.24, 2.45) is 0 Å². The Hall–Kier alpha value is -3.14. The number of hydrogen-bond donors (Lipinski definition) is 0. The largest absolute Gasteiger partial charge is 0.481 e. The van der Waals surface area contributed by atoms with Gasteiger partial charge in [-0.15, -0.1) is 0 Å². The molecule has 4 heteroatoms. The molecule has 0 N–H and O–H groups in total. The Bertz CT molecular complexity index is 1290. The lowest BCUT2D eigenvalue weighted by molar-refractivity contribution is 0.402. The van der Waals surface area contributed by atoms with E-state index in [2.05, 4.69) is 94.0 Å². The van der Waals surface area contributed by atoms with Gasteiger partial charge in [-0.2, -0.15) is 0 Å². The summed E-state index contributed by atoms with van der Waals surface area (Å²) in [4.78, 5) is 12.0. The molecule has 2 heterocycles. The number of nitrogens with zero attached hydrogens (tertiary/aromatic N) is 3. The summed E-state index contributed by atoms with van der Waals surface area (Å²) in [6.07, 6.45) is 0.945. The van der Waals surface area contributed by atoms with Gasteiger partial charge in [0.1, 0.15) is 5.82 Å². The van der Waals surface area contributed by atoms with E-state index < -0.39 is 0 Å². The van der Waals surface area contributed by atoms with Gasteiger partial charge in [0.15, 0.2) is 0 Å². The Morgan fingerprint density at radius 2 is 1.62 bits per heavy atom. The smallest absolute Gasteiger partial charge is 0.221 e. The monoisotopic (exact) mass is 427 g/mol. The molecule has 0 radical (unpaired) electrons. The van der Waals surface area contributed by atoms with Crippen LogP contribution in [-0.2, 0) is 13.0 Å². The van der Waals surface area contributed by atoms with Crippen LogP contribution in [0, 0.1) is 13.8 Å². The van der Waals surface area contributed by atoms with Crippen molar-refractivity contribution in [2.75, 3.05) is 19.1 Å². The van der Waals surface area contributed by atoms with Crippen molar-refractivity contribution in [1.29, 1.82) is 0 Å². The van der Waals surface area contributed by atoms with Crippen molar-refractivity contribution >= 4 is 27.4 Å². The number of benzene rings is 2. The van der Waals surface area contributed by atoms with Crippen LogP contribution >= 0.6 is 0 Å². The molecule has 32 heavy (non-hydrogen) atoms. The number of aromatic nitrogens is 2. The average molecular weight is 428 g/mol. The van der Waals surface area contributed by atoms with E-state index in [4.69, 9.17) is 9.72 Å². The zero-order valence-electron chi connectivity index (χ0n) is 20.3. The second-order valence-corrected chi connectivity index (χ2v) is 8.91. The van der Waals surface area contributed by atoms with E-state index in [1.165, 1.54) is 32.8 Å². The van der Waals surface area contributed by atoms with Gasteiger partial charge in [-0.3, -0.25) is 0 Å². The minimum Gasteiger partial charge on any atom is -0.481 e. The number of methoxy groups -OCH3 is 1. The normalized spacial score (nSPS) is 11.5. The molecule has 2 aromatic carbocycles. The molecule has 0 aliphatic carbocycles. The average Bonchev–Trinajstić information content (AvgIpc) is 2.77. The zero-order chi connectivity index (χ0) is 23.0. The summed E-state index contributed by atoms with van der Waals surface area (Å²) in [5, 5.41) is 4.81. The molecule has 0 amide bonds. The predicted octanol–water partition coefficient (Wildman–Crippen LogP) is 6.73. The molecule has 0 saturated heterocycles. The lowest BCUT2D eigenvalue weighted by atomic mass is 9.95. The maximum atomic E-state index is 5.56. The lowest BCUT2D eigenvalue weighted by Crippen LogP contribution is -2.19. The summed E-state index contributed by atoms with van der Waals surface area (Å²) in [7, 11) is 3.82. The Labute approximate surface area is 191 Å². The van der Waals surface area contributed by atoms with Crippen LogP contribution in [0.4, 0.5) is 5.82 Å². The van der Waals surface area contributed by atoms with Crippen molar-refractivity contribution in [3.8, 4) is 5.88 Å². The van der Waals surface area contributed by atoms with Gasteiger partial charge in [-0.25, -0.2) is 9.97 Å². The first-order valence-corrected chi connectivity index (χ1v) is 11.4. The third kappa shape index (κ3) is 3.79. The summed E-state index contributed by atoms with van der Waals surface area (Å²) < 4.78 is 5.56. The van der Waals surface area contributed by atoms with Gasteiger partial charge in [-0.1, -0.05) is 51.1 Å². The van der Waals surface area contributed by atoms with Crippen LogP contribution < -0.4 is 9.64 Å². The molecule has 0 atom stereocenters. The fourth-order valence-electron chi connectivity index (χ4n) is 4.96. The van der Waals surface area contributed by atoms with Crippen LogP contribution in [0.5, 0.6) is 5.88 Å². The number of hydrogen-bond acceptors (Lipinski definition) is 4. The van der Waals surface area contributed by atoms with Gasteiger partial charge < -0.3 is 9.64 Å². The Morgan fingerprint density at radius 1 is 0.906 bits per heavy atom. The molecule has 4 aromatic rings. The lowest BCUT2D eigenvalue weighted by Gasteiger charge is -2.24. The highest BCUT2D eigenvalue weighted by atomic mass is 16.5. The molecule has 2 aromatic heterocycles. The van der Waals surface area contributed by atoms with Crippen molar-refractivity contribution in [1.82, 2.24) is 9.97 Å². The van der Waals surface area contributed by atoms with Crippen molar-refractivity contribution in [2.45, 2.75) is 53.5 Å². The van der Waals surface area contributed by atoms with E-state index in [0.29, 0.717) is 11.8 Å². The van der Waals surface area contributed by atoms with Gasteiger partial charge in [0, 0.05) is 35.8 Å². The summed E-state index contributed by atoms with van der Waals surface area (Å²) in [6, 6.07) is 15.2. The van der Waals surface area contributed by atoms with Crippen LogP contribution in [0.1, 0.15) is 54.8 Å². The van der Waals surface area contributed by atoms with Crippen molar-refractivity contribution < 1.29 is 4.74 Å². The molecule has 0 fully saturated rings. The maximum Gasteiger partial charge on any atom is 0.221 e. The molecule has 166 valence electrons. The first-order chi connectivity index (χ1) is 15.3. The molecular formula is C28H33N3O. The summed E-state index contributed by atoms with van der Waals surface area (Å²) in [6.45, 7) is 11.6. The van der Waals surface area contributed by atoms with Gasteiger partial charge in [-0.05, 0) is 65.8 Å². The fourth-order valence-corrected chi connectivity index (χ4v) is 4.96. The highest BCUT2D eigenvalue weighted by molar-refractivity contribution is 5.95. The van der Waals surface area contributed by atoms with Crippen LogP contribution in [-0.4, -0.2) is 24.1 Å². The summed E-state index contributed by atoms with van der Waals surface area (Å²) in [5.74, 6) is 2.16. The second-order valence-electron chi connectivity index (χ2n) is 8.91. The number of aryl methyl sites for hydroxylation is 3. The number of ether oxygens (including phenoxy) is 1. The number of anilines is 1. The molecular weight excluding hydrogens is 394 g/mol. The van der Waals surface area contributed by atoms with E-state index >= 15 is 0 Å². The second kappa shape index (κ2) is 8.78. The van der Waals surface area contributed by atoms with Crippen LogP contribution in [0.25, 0.3) is 21.5 Å². The number of rotatable bonds is 6. The SMILES string of the molecule is CCc1c(C)nc(OC)c2ccc(CN(C)c3nc(C)c(C(C)C)c4ccccc34)cc12. The number of pyridine rings is 2. The first-order valence-electron chi connectivity index (χ1n) is 11.4. The quantitative estimate of drug-likeness (QED) is 0.342. The van der Waals surface area contributed by atoms with E-state index in [-0.39, 0.29) is 0 Å². The Morgan fingerprint density at radius 3 is 2.28 bits per heavy atom. The van der Waals surface area contributed by atoms with Crippen LogP contribution in [0.15, 0.2) is 42.5 Å². The van der Waals surface area contributed by atoms with E-state index in [0.717, 1.165) is 35.6 Å². The maximum absolute atomic E-state index is 5.56. The van der Waals surface area contributed by atoms with Crippen LogP contribution in [0.2, 0.25) is 0 Å². The molecule has 0 bridgehead atoms. The fraction of sp³-hybridized carbons (Fsp3) is 0.357. The standard InChI is InChI=1S/C28H33N3O/c1-8-21-18(4)30-28(32-7)24-14-13-20(15-25(21)24)16-31(6)27-23-12-10-9-11-22(23)26(17(2)3)19(5)29-27/h9-15,17H,8,16H2,1-7H3. The minimum absolute atomic E-state index is 0.437. The van der Waals surface area contributed by atoms with E-state index in [9.17, 15) is 0 Å². The minimum atomic E-state index is 0.437. The van der Waals surface area contributed by atoms with E-state index in [1.54, 1.807) is 7.11 Å². The van der Waals surface area contributed by atoms with Gasteiger partial charge in [0.2, 0.25) is 5.88 Å². The highest BCUT2D eigenvalue weighted by Crippen LogP contribution is 2.34. The molecule has 0 aliphatic rings. The molecule has 0 saturated carbocycles. The highest BCUT2D eigenvalue weighted by Gasteiger charge is 2.17. The van der Waals surface area contributed by atoms with Crippen LogP contribution in [0.3, 0.4) is 0 Å². The van der Waals surface area contributed by atoms with Gasteiger partial charge >= 0.3 is 0 Å². The van der Waals surface area contributed by atoms with E-state index in [1.807, 2.05) is 0 Å². The molecule has 4 rings (SSSR count). The predicted molar refractivity (Wildman–Crippen MR) is 135 cm³/mol. The third-order valence-corrected chi connectivity index (χ3v) is 6.37. The van der Waals surface area contributed by atoms with Crippen molar-refractivity contribution in [3.63, 3.8) is 0 Å². The van der Waals surface area contributed by atoms with Gasteiger partial charge in [0.05, 0.1) is 7.11 Å². The molecule has 0 aliphatic heterocycles. The molecule has 0 unspecified atom stereocenters. The Kier molecular flexibility index (Phi) is 6.05. The summed E-state index contributed by atoms with van der Waals surface area (Å²) in [5.41, 5.74) is 6.02. The third-order valence-electron chi connectivity index (χ3n) is 6.37. The molecule has 0 spiro atoms. The molecule has 4 nitrogen and oxygen atoms in total. The summed E-state index contributed by atoms with van der Waals surface area (Å²) >= 11 is 0. The van der Waals surface area contributed by atoms with Gasteiger partial charge in [0.25, 0.3) is 0 Å². The topological polar surface area (TPSA) is 38.2 Å². The first kappa shape index (κ1) is 22.1. The number of fused-ring (bicyclic) bond motifs is 2. The Balaban J connectivity index is 1.79. The zero-order valence-corrected chi connectivity index (χ0v) is 20.3. The van der Waals surface area contributed by atoms with Crippen molar-refractivity contribution in [3.05, 3.63) is 70.5 Å².